The molecule has 0 spiro atoms. The van der Waals surface area contributed by atoms with E-state index < -0.39 is 11.9 Å². The Morgan fingerprint density at radius 2 is 2.10 bits per heavy atom. The van der Waals surface area contributed by atoms with E-state index in [0.717, 1.165) is 0 Å². The lowest BCUT2D eigenvalue weighted by Crippen LogP contribution is -2.43. The number of amides is 2. The molecule has 0 radical (unpaired) electrons. The second kappa shape index (κ2) is 14.4. The summed E-state index contributed by atoms with van der Waals surface area (Å²) in [5, 5.41) is 16.0. The zero-order valence-corrected chi connectivity index (χ0v) is 24.7. The first-order valence-electron chi connectivity index (χ1n) is 13.8. The van der Waals surface area contributed by atoms with Gasteiger partial charge in [0.25, 0.3) is 0 Å². The monoisotopic (exact) mass is 602 g/mol. The van der Waals surface area contributed by atoms with Crippen molar-refractivity contribution in [3.8, 4) is 11.5 Å². The number of rotatable bonds is 7. The van der Waals surface area contributed by atoms with Gasteiger partial charge in [0.15, 0.2) is 11.5 Å². The van der Waals surface area contributed by atoms with Gasteiger partial charge in [-0.05, 0) is 50.6 Å². The molecule has 2 aromatic carbocycles. The Morgan fingerprint density at radius 3 is 2.86 bits per heavy atom. The lowest BCUT2D eigenvalue weighted by molar-refractivity contribution is -0.129. The van der Waals surface area contributed by atoms with Gasteiger partial charge in [-0.1, -0.05) is 11.6 Å². The molecule has 0 aliphatic carbocycles. The lowest BCUT2D eigenvalue weighted by atomic mass is 10.1. The van der Waals surface area contributed by atoms with Crippen molar-refractivity contribution in [2.24, 2.45) is 0 Å². The number of fused-ring (bicyclic) bond motifs is 2. The van der Waals surface area contributed by atoms with Crippen molar-refractivity contribution in [3.63, 3.8) is 0 Å². The number of likely N-dealkylation sites (N-methyl/N-ethyl adjacent to an activating group) is 1. The van der Waals surface area contributed by atoms with Gasteiger partial charge < -0.3 is 30.1 Å². The fourth-order valence-corrected chi connectivity index (χ4v) is 4.72. The van der Waals surface area contributed by atoms with Gasteiger partial charge in [0.1, 0.15) is 18.0 Å². The molecule has 0 fully saturated rings. The molecule has 42 heavy (non-hydrogen) atoms. The maximum atomic E-state index is 14.5. The minimum atomic E-state index is -0.565. The summed E-state index contributed by atoms with van der Waals surface area (Å²) in [6, 6.07) is 5.92. The van der Waals surface area contributed by atoms with Gasteiger partial charge in [-0.25, -0.2) is 14.4 Å². The first kappa shape index (κ1) is 31.2. The number of aliphatic hydroxyl groups is 1. The minimum absolute atomic E-state index is 0.0514. The number of benzene rings is 2. The standard InChI is InChI=1S/C29H36ClFN6O5/c1-18-29(40)32-6-4-10-41-26-13-21-25(15-27(26)42-11-5-7-37(8-9-38)19(2)39)33-17-34-28(21)35-24-14-22(30)23(31)12-20(24)16-36(18)3/h12-15,17-18,38H,4-11,16H2,1-3H3,(H,32,40)(H,33,34,35)/t18-/m1/s1. The second-order valence-electron chi connectivity index (χ2n) is 10.1. The molecule has 13 heteroatoms. The zero-order valence-electron chi connectivity index (χ0n) is 24.0. The smallest absolute Gasteiger partial charge is 0.237 e. The normalized spacial score (nSPS) is 16.3. The molecule has 2 bridgehead atoms. The lowest BCUT2D eigenvalue weighted by Gasteiger charge is -2.25. The van der Waals surface area contributed by atoms with Gasteiger partial charge in [0, 0.05) is 50.2 Å². The van der Waals surface area contributed by atoms with Crippen LogP contribution in [0.15, 0.2) is 30.6 Å². The van der Waals surface area contributed by atoms with Crippen LogP contribution in [0.25, 0.3) is 10.9 Å². The first-order chi connectivity index (χ1) is 20.2. The number of halogens is 2. The number of anilines is 2. The maximum absolute atomic E-state index is 14.5. The van der Waals surface area contributed by atoms with Crippen LogP contribution >= 0.6 is 11.6 Å². The quantitative estimate of drug-likeness (QED) is 0.348. The number of aromatic nitrogens is 2. The molecule has 1 aromatic heterocycles. The van der Waals surface area contributed by atoms with E-state index in [2.05, 4.69) is 20.6 Å². The molecular formula is C29H36ClFN6O5. The summed E-state index contributed by atoms with van der Waals surface area (Å²) >= 11 is 6.16. The van der Waals surface area contributed by atoms with Crippen LogP contribution in [-0.4, -0.2) is 89.2 Å². The molecule has 0 unspecified atom stereocenters. The minimum Gasteiger partial charge on any atom is -0.490 e. The van der Waals surface area contributed by atoms with E-state index in [1.165, 1.54) is 25.4 Å². The van der Waals surface area contributed by atoms with E-state index in [4.69, 9.17) is 21.1 Å². The molecule has 1 aliphatic rings. The summed E-state index contributed by atoms with van der Waals surface area (Å²) < 4.78 is 26.7. The topological polar surface area (TPSA) is 129 Å². The maximum Gasteiger partial charge on any atom is 0.237 e. The van der Waals surface area contributed by atoms with Crippen molar-refractivity contribution in [2.45, 2.75) is 39.3 Å². The predicted molar refractivity (Wildman–Crippen MR) is 158 cm³/mol. The predicted octanol–water partition coefficient (Wildman–Crippen LogP) is 3.49. The highest BCUT2D eigenvalue weighted by Gasteiger charge is 2.21. The Labute approximate surface area is 249 Å². The van der Waals surface area contributed by atoms with Crippen molar-refractivity contribution < 1.29 is 28.6 Å². The summed E-state index contributed by atoms with van der Waals surface area (Å²) in [5.41, 5.74) is 1.72. The van der Waals surface area contributed by atoms with Crippen LogP contribution in [0, 0.1) is 5.82 Å². The van der Waals surface area contributed by atoms with Crippen LogP contribution in [0.2, 0.25) is 5.02 Å². The van der Waals surface area contributed by atoms with Crippen molar-refractivity contribution in [2.75, 3.05) is 51.8 Å². The molecule has 1 atom stereocenters. The highest BCUT2D eigenvalue weighted by molar-refractivity contribution is 6.31. The molecule has 1 aliphatic heterocycles. The third kappa shape index (κ3) is 7.75. The highest BCUT2D eigenvalue weighted by atomic mass is 35.5. The van der Waals surface area contributed by atoms with E-state index in [0.29, 0.717) is 78.6 Å². The van der Waals surface area contributed by atoms with Crippen LogP contribution in [0.4, 0.5) is 15.9 Å². The van der Waals surface area contributed by atoms with Crippen LogP contribution in [0.5, 0.6) is 11.5 Å². The average molecular weight is 603 g/mol. The summed E-state index contributed by atoms with van der Waals surface area (Å²) in [5.74, 6) is 0.552. The molecule has 2 amide bonds. The molecule has 4 rings (SSSR count). The number of ether oxygens (including phenoxy) is 2. The number of nitrogens with one attached hydrogen (secondary N) is 2. The van der Waals surface area contributed by atoms with Crippen molar-refractivity contribution in [3.05, 3.63) is 47.0 Å². The average Bonchev–Trinajstić information content (AvgIpc) is 2.96. The molecular weight excluding hydrogens is 567 g/mol. The van der Waals surface area contributed by atoms with Gasteiger partial charge >= 0.3 is 0 Å². The molecule has 3 N–H and O–H groups in total. The third-order valence-electron chi connectivity index (χ3n) is 7.08. The Hall–Kier alpha value is -3.74. The van der Waals surface area contributed by atoms with Gasteiger partial charge in [-0.3, -0.25) is 14.5 Å². The first-order valence-corrected chi connectivity index (χ1v) is 14.2. The van der Waals surface area contributed by atoms with Gasteiger partial charge in [-0.15, -0.1) is 0 Å². The molecule has 11 nitrogen and oxygen atoms in total. The van der Waals surface area contributed by atoms with E-state index in [1.807, 2.05) is 4.90 Å². The zero-order chi connectivity index (χ0) is 30.2. The molecule has 0 saturated carbocycles. The van der Waals surface area contributed by atoms with Crippen molar-refractivity contribution in [1.29, 1.82) is 0 Å². The fraction of sp³-hybridized carbons (Fsp3) is 0.448. The second-order valence-corrected chi connectivity index (χ2v) is 10.5. The number of hydrogen-bond donors (Lipinski definition) is 3. The van der Waals surface area contributed by atoms with Crippen LogP contribution < -0.4 is 20.1 Å². The van der Waals surface area contributed by atoms with E-state index >= 15 is 0 Å². The summed E-state index contributed by atoms with van der Waals surface area (Å²) in [4.78, 5) is 36.8. The van der Waals surface area contributed by atoms with Crippen molar-refractivity contribution >= 4 is 45.8 Å². The molecule has 226 valence electrons. The highest BCUT2D eigenvalue weighted by Crippen LogP contribution is 2.36. The Kier molecular flexibility index (Phi) is 10.7. The Balaban J connectivity index is 1.67. The van der Waals surface area contributed by atoms with E-state index in [1.54, 1.807) is 31.0 Å². The van der Waals surface area contributed by atoms with Gasteiger partial charge in [0.2, 0.25) is 11.8 Å². The number of aliphatic hydroxyl groups excluding tert-OH is 1. The molecule has 3 aromatic rings. The van der Waals surface area contributed by atoms with Gasteiger partial charge in [0.05, 0.1) is 36.4 Å². The van der Waals surface area contributed by atoms with Crippen LogP contribution in [-0.2, 0) is 16.1 Å². The SMILES string of the molecule is CC(=O)N(CCO)CCCOc1cc2ncnc3c2cc1OCCCNC(=O)[C@@H](C)N(C)Cc1cc(F)c(Cl)cc1N3. The summed E-state index contributed by atoms with van der Waals surface area (Å²) in [6.45, 7) is 5.14. The largest absolute Gasteiger partial charge is 0.490 e. The van der Waals surface area contributed by atoms with E-state index in [9.17, 15) is 19.1 Å². The molecule has 0 saturated heterocycles. The fourth-order valence-electron chi connectivity index (χ4n) is 4.56. The number of carbonyl (C=O) groups is 2. The summed E-state index contributed by atoms with van der Waals surface area (Å²) in [6.07, 6.45) is 2.51. The Bertz CT molecular complexity index is 1430. The van der Waals surface area contributed by atoms with Crippen molar-refractivity contribution in [1.82, 2.24) is 25.1 Å². The molecule has 2 heterocycles. The van der Waals surface area contributed by atoms with Crippen LogP contribution in [0.3, 0.4) is 0 Å². The number of nitrogens with zero attached hydrogens (tertiary/aromatic N) is 4. The number of carbonyl (C=O) groups excluding carboxylic acids is 2. The van der Waals surface area contributed by atoms with Crippen LogP contribution in [0.1, 0.15) is 32.3 Å². The van der Waals surface area contributed by atoms with Gasteiger partial charge in [-0.2, -0.15) is 0 Å². The number of hydrogen-bond acceptors (Lipinski definition) is 9. The summed E-state index contributed by atoms with van der Waals surface area (Å²) in [7, 11) is 1.80. The third-order valence-corrected chi connectivity index (χ3v) is 7.37. The Morgan fingerprint density at radius 1 is 1.29 bits per heavy atom. The van der Waals surface area contributed by atoms with E-state index in [-0.39, 0.29) is 36.5 Å².